The summed E-state index contributed by atoms with van der Waals surface area (Å²) in [6.07, 6.45) is 3.36. The SMILES string of the molecule is CN1CCCC(CNC(=O)NC(=O)CCCCC(=O)O)C1. The molecule has 1 fully saturated rings. The molecular formula is C14H25N3O4. The molecule has 0 bridgehead atoms. The first-order valence-electron chi connectivity index (χ1n) is 7.45. The molecule has 3 amide bonds. The molecule has 0 aromatic carbocycles. The van der Waals surface area contributed by atoms with Gasteiger partial charge < -0.3 is 15.3 Å². The second-order valence-corrected chi connectivity index (χ2v) is 5.63. The van der Waals surface area contributed by atoms with Crippen LogP contribution in [-0.2, 0) is 9.59 Å². The van der Waals surface area contributed by atoms with Gasteiger partial charge in [0.25, 0.3) is 0 Å². The minimum Gasteiger partial charge on any atom is -0.481 e. The maximum atomic E-state index is 11.6. The Hall–Kier alpha value is -1.63. The van der Waals surface area contributed by atoms with Gasteiger partial charge in [0.2, 0.25) is 5.91 Å². The number of unbranched alkanes of at least 4 members (excludes halogenated alkanes) is 1. The van der Waals surface area contributed by atoms with E-state index in [9.17, 15) is 14.4 Å². The molecular weight excluding hydrogens is 274 g/mol. The maximum absolute atomic E-state index is 11.6. The summed E-state index contributed by atoms with van der Waals surface area (Å²) in [6.45, 7) is 2.63. The van der Waals surface area contributed by atoms with E-state index in [1.807, 2.05) is 0 Å². The average Bonchev–Trinajstić information content (AvgIpc) is 2.41. The van der Waals surface area contributed by atoms with Gasteiger partial charge in [-0.2, -0.15) is 0 Å². The number of urea groups is 1. The van der Waals surface area contributed by atoms with Crippen LogP contribution in [0.3, 0.4) is 0 Å². The van der Waals surface area contributed by atoms with Crippen LogP contribution in [0.5, 0.6) is 0 Å². The van der Waals surface area contributed by atoms with Gasteiger partial charge in [-0.1, -0.05) is 0 Å². The first-order chi connectivity index (χ1) is 9.97. The number of nitrogens with zero attached hydrogens (tertiary/aromatic N) is 1. The zero-order valence-electron chi connectivity index (χ0n) is 12.6. The Kier molecular flexibility index (Phi) is 7.74. The first kappa shape index (κ1) is 17.4. The third-order valence-electron chi connectivity index (χ3n) is 3.57. The summed E-state index contributed by atoms with van der Waals surface area (Å²) in [6, 6.07) is -0.466. The number of nitrogens with one attached hydrogen (secondary N) is 2. The van der Waals surface area contributed by atoms with E-state index in [2.05, 4.69) is 22.6 Å². The van der Waals surface area contributed by atoms with Gasteiger partial charge in [-0.05, 0) is 45.2 Å². The van der Waals surface area contributed by atoms with Gasteiger partial charge in [0.05, 0.1) is 0 Å². The van der Waals surface area contributed by atoms with E-state index >= 15 is 0 Å². The van der Waals surface area contributed by atoms with Crippen LogP contribution in [0.1, 0.15) is 38.5 Å². The van der Waals surface area contributed by atoms with Gasteiger partial charge in [-0.15, -0.1) is 0 Å². The van der Waals surface area contributed by atoms with E-state index < -0.39 is 12.0 Å². The van der Waals surface area contributed by atoms with Crippen molar-refractivity contribution in [1.29, 1.82) is 0 Å². The van der Waals surface area contributed by atoms with Crippen molar-refractivity contribution in [3.8, 4) is 0 Å². The molecule has 1 aliphatic rings. The fourth-order valence-corrected chi connectivity index (χ4v) is 2.47. The molecule has 1 rings (SSSR count). The van der Waals surface area contributed by atoms with Crippen molar-refractivity contribution < 1.29 is 19.5 Å². The van der Waals surface area contributed by atoms with E-state index in [0.717, 1.165) is 25.9 Å². The highest BCUT2D eigenvalue weighted by atomic mass is 16.4. The van der Waals surface area contributed by atoms with Crippen LogP contribution >= 0.6 is 0 Å². The Bertz CT molecular complexity index is 373. The van der Waals surface area contributed by atoms with Crippen molar-refractivity contribution in [1.82, 2.24) is 15.5 Å². The molecule has 1 atom stereocenters. The van der Waals surface area contributed by atoms with E-state index in [-0.39, 0.29) is 18.7 Å². The van der Waals surface area contributed by atoms with Crippen molar-refractivity contribution in [2.24, 2.45) is 5.92 Å². The molecule has 1 saturated heterocycles. The quantitative estimate of drug-likeness (QED) is 0.604. The number of carboxylic acids is 1. The van der Waals surface area contributed by atoms with Gasteiger partial charge >= 0.3 is 12.0 Å². The fraction of sp³-hybridized carbons (Fsp3) is 0.786. The van der Waals surface area contributed by atoms with E-state index in [1.165, 1.54) is 0 Å². The highest BCUT2D eigenvalue weighted by molar-refractivity contribution is 5.94. The Balaban J connectivity index is 2.09. The van der Waals surface area contributed by atoms with Crippen molar-refractivity contribution in [2.45, 2.75) is 38.5 Å². The van der Waals surface area contributed by atoms with Crippen LogP contribution in [0.4, 0.5) is 4.79 Å². The Morgan fingerprint density at radius 1 is 1.24 bits per heavy atom. The zero-order valence-corrected chi connectivity index (χ0v) is 12.6. The monoisotopic (exact) mass is 299 g/mol. The average molecular weight is 299 g/mol. The third-order valence-corrected chi connectivity index (χ3v) is 3.57. The van der Waals surface area contributed by atoms with Crippen LogP contribution in [0.15, 0.2) is 0 Å². The minimum atomic E-state index is -0.870. The molecule has 0 aromatic rings. The molecule has 7 heteroatoms. The maximum Gasteiger partial charge on any atom is 0.321 e. The predicted octanol–water partition coefficient (Wildman–Crippen LogP) is 0.799. The number of amides is 3. The van der Waals surface area contributed by atoms with E-state index in [4.69, 9.17) is 5.11 Å². The van der Waals surface area contributed by atoms with Gasteiger partial charge in [0.15, 0.2) is 0 Å². The number of imide groups is 1. The number of rotatable bonds is 7. The summed E-state index contributed by atoms with van der Waals surface area (Å²) < 4.78 is 0. The van der Waals surface area contributed by atoms with Crippen molar-refractivity contribution in [3.05, 3.63) is 0 Å². The smallest absolute Gasteiger partial charge is 0.321 e. The summed E-state index contributed by atoms with van der Waals surface area (Å²) in [5.41, 5.74) is 0. The molecule has 0 radical (unpaired) electrons. The largest absolute Gasteiger partial charge is 0.481 e. The molecule has 0 aliphatic carbocycles. The topological polar surface area (TPSA) is 98.7 Å². The molecule has 1 aliphatic heterocycles. The van der Waals surface area contributed by atoms with Crippen LogP contribution in [0.25, 0.3) is 0 Å². The molecule has 21 heavy (non-hydrogen) atoms. The predicted molar refractivity (Wildman–Crippen MR) is 77.9 cm³/mol. The van der Waals surface area contributed by atoms with Crippen LogP contribution in [-0.4, -0.2) is 54.6 Å². The Morgan fingerprint density at radius 3 is 2.62 bits per heavy atom. The van der Waals surface area contributed by atoms with Crippen molar-refractivity contribution >= 4 is 17.9 Å². The number of hydrogen-bond donors (Lipinski definition) is 3. The molecule has 1 heterocycles. The first-order valence-corrected chi connectivity index (χ1v) is 7.45. The molecule has 120 valence electrons. The second kappa shape index (κ2) is 9.33. The molecule has 0 aromatic heterocycles. The normalized spacial score (nSPS) is 19.0. The Morgan fingerprint density at radius 2 is 1.95 bits per heavy atom. The lowest BCUT2D eigenvalue weighted by atomic mass is 9.99. The summed E-state index contributed by atoms with van der Waals surface area (Å²) in [5.74, 6) is -0.801. The number of aliphatic carboxylic acids is 1. The number of carbonyl (C=O) groups excluding carboxylic acids is 2. The van der Waals surface area contributed by atoms with Crippen LogP contribution < -0.4 is 10.6 Å². The summed E-state index contributed by atoms with van der Waals surface area (Å²) in [4.78, 5) is 35.6. The highest BCUT2D eigenvalue weighted by Crippen LogP contribution is 2.13. The number of likely N-dealkylation sites (tertiary alicyclic amines) is 1. The number of carboxylic acid groups (broad SMARTS) is 1. The summed E-state index contributed by atoms with van der Waals surface area (Å²) in [7, 11) is 2.06. The number of piperidine rings is 1. The Labute approximate surface area is 125 Å². The minimum absolute atomic E-state index is 0.0503. The van der Waals surface area contributed by atoms with Crippen molar-refractivity contribution in [2.75, 3.05) is 26.7 Å². The lowest BCUT2D eigenvalue weighted by molar-refractivity contribution is -0.137. The third kappa shape index (κ3) is 8.29. The molecule has 7 nitrogen and oxygen atoms in total. The summed E-state index contributed by atoms with van der Waals surface area (Å²) >= 11 is 0. The molecule has 1 unspecified atom stereocenters. The fourth-order valence-electron chi connectivity index (χ4n) is 2.47. The van der Waals surface area contributed by atoms with E-state index in [0.29, 0.717) is 25.3 Å². The number of carbonyl (C=O) groups is 3. The van der Waals surface area contributed by atoms with Gasteiger partial charge in [-0.25, -0.2) is 4.79 Å². The van der Waals surface area contributed by atoms with Crippen LogP contribution in [0, 0.1) is 5.92 Å². The summed E-state index contributed by atoms with van der Waals surface area (Å²) in [5, 5.41) is 13.5. The van der Waals surface area contributed by atoms with Gasteiger partial charge in [0.1, 0.15) is 0 Å². The van der Waals surface area contributed by atoms with E-state index in [1.54, 1.807) is 0 Å². The highest BCUT2D eigenvalue weighted by Gasteiger charge is 2.18. The molecule has 3 N–H and O–H groups in total. The van der Waals surface area contributed by atoms with Crippen LogP contribution in [0.2, 0.25) is 0 Å². The standard InChI is InChI=1S/C14H25N3O4/c1-17-8-4-5-11(10-17)9-15-14(21)16-12(18)6-2-3-7-13(19)20/h11H,2-10H2,1H3,(H,19,20)(H2,15,16,18,21). The zero-order chi connectivity index (χ0) is 15.7. The van der Waals surface area contributed by atoms with Crippen molar-refractivity contribution in [3.63, 3.8) is 0 Å². The molecule has 0 spiro atoms. The lowest BCUT2D eigenvalue weighted by Crippen LogP contribution is -2.44. The number of hydrogen-bond acceptors (Lipinski definition) is 4. The van der Waals surface area contributed by atoms with Gasteiger partial charge in [-0.3, -0.25) is 14.9 Å². The second-order valence-electron chi connectivity index (χ2n) is 5.63. The lowest BCUT2D eigenvalue weighted by Gasteiger charge is -2.29. The molecule has 0 saturated carbocycles. The van der Waals surface area contributed by atoms with Gasteiger partial charge in [0, 0.05) is 25.9 Å².